The highest BCUT2D eigenvalue weighted by Crippen LogP contribution is 2.37. The third kappa shape index (κ3) is 7.40. The maximum atomic E-state index is 13.0. The van der Waals surface area contributed by atoms with Crippen LogP contribution >= 0.6 is 0 Å². The Morgan fingerprint density at radius 3 is 2.35 bits per heavy atom. The molecule has 2 aromatic carbocycles. The fraction of sp³-hybridized carbons (Fsp3) is 0.333. The SMILES string of the molecule is CCOc1ccc(C(=O)c2ccnc(Nc3cc(NC(C)=O)c(N(C)CCN(C)C)cc3OC)n2)cc1. The molecule has 0 saturated carbocycles. The van der Waals surface area contributed by atoms with Crippen LogP contribution in [0.2, 0.25) is 0 Å². The highest BCUT2D eigenvalue weighted by Gasteiger charge is 2.17. The largest absolute Gasteiger partial charge is 0.494 e. The van der Waals surface area contributed by atoms with Gasteiger partial charge in [0.1, 0.15) is 17.2 Å². The number of carbonyl (C=O) groups is 2. The highest BCUT2D eigenvalue weighted by atomic mass is 16.5. The van der Waals surface area contributed by atoms with Gasteiger partial charge in [-0.25, -0.2) is 9.97 Å². The van der Waals surface area contributed by atoms with E-state index in [0.717, 1.165) is 18.8 Å². The van der Waals surface area contributed by atoms with E-state index in [0.29, 0.717) is 35.0 Å². The molecule has 0 aliphatic heterocycles. The van der Waals surface area contributed by atoms with Crippen molar-refractivity contribution < 1.29 is 19.1 Å². The Hall–Kier alpha value is -4.18. The summed E-state index contributed by atoms with van der Waals surface area (Å²) < 4.78 is 11.1. The fourth-order valence-corrected chi connectivity index (χ4v) is 3.59. The number of likely N-dealkylation sites (N-methyl/N-ethyl adjacent to an activating group) is 2. The highest BCUT2D eigenvalue weighted by molar-refractivity contribution is 6.07. The van der Waals surface area contributed by atoms with Crippen LogP contribution in [0.4, 0.5) is 23.0 Å². The van der Waals surface area contributed by atoms with Gasteiger partial charge in [-0.05, 0) is 57.4 Å². The van der Waals surface area contributed by atoms with Gasteiger partial charge in [0.15, 0.2) is 0 Å². The zero-order valence-electron chi connectivity index (χ0n) is 22.2. The van der Waals surface area contributed by atoms with Crippen LogP contribution in [-0.2, 0) is 4.79 Å². The maximum Gasteiger partial charge on any atom is 0.227 e. The van der Waals surface area contributed by atoms with Gasteiger partial charge in [-0.3, -0.25) is 9.59 Å². The van der Waals surface area contributed by atoms with Crippen molar-refractivity contribution in [2.45, 2.75) is 13.8 Å². The monoisotopic (exact) mass is 506 g/mol. The number of methoxy groups -OCH3 is 1. The molecule has 1 heterocycles. The first-order chi connectivity index (χ1) is 17.7. The Balaban J connectivity index is 1.89. The zero-order valence-corrected chi connectivity index (χ0v) is 22.2. The minimum Gasteiger partial charge on any atom is -0.494 e. The van der Waals surface area contributed by atoms with Crippen molar-refractivity contribution in [3.8, 4) is 11.5 Å². The number of aromatic nitrogens is 2. The summed E-state index contributed by atoms with van der Waals surface area (Å²) in [4.78, 5) is 37.7. The Kier molecular flexibility index (Phi) is 9.39. The molecule has 0 radical (unpaired) electrons. The topological polar surface area (TPSA) is 109 Å². The summed E-state index contributed by atoms with van der Waals surface area (Å²) in [5.41, 5.74) is 2.69. The Morgan fingerprint density at radius 2 is 1.73 bits per heavy atom. The van der Waals surface area contributed by atoms with Crippen molar-refractivity contribution >= 4 is 34.7 Å². The van der Waals surface area contributed by atoms with Crippen molar-refractivity contribution in [1.29, 1.82) is 0 Å². The molecule has 196 valence electrons. The Labute approximate surface area is 217 Å². The van der Waals surface area contributed by atoms with E-state index in [-0.39, 0.29) is 23.3 Å². The van der Waals surface area contributed by atoms with E-state index < -0.39 is 0 Å². The number of nitrogens with zero attached hydrogens (tertiary/aromatic N) is 4. The molecule has 2 N–H and O–H groups in total. The van der Waals surface area contributed by atoms with Crippen molar-refractivity contribution in [2.24, 2.45) is 0 Å². The van der Waals surface area contributed by atoms with Gasteiger partial charge in [-0.15, -0.1) is 0 Å². The molecule has 0 saturated heterocycles. The van der Waals surface area contributed by atoms with Crippen LogP contribution in [0.25, 0.3) is 0 Å². The molecule has 0 atom stereocenters. The second kappa shape index (κ2) is 12.7. The lowest BCUT2D eigenvalue weighted by Gasteiger charge is -2.25. The van der Waals surface area contributed by atoms with Gasteiger partial charge in [-0.1, -0.05) is 0 Å². The molecule has 1 amide bonds. The lowest BCUT2D eigenvalue weighted by Crippen LogP contribution is -2.29. The van der Waals surface area contributed by atoms with Gasteiger partial charge < -0.3 is 29.9 Å². The molecule has 0 unspecified atom stereocenters. The van der Waals surface area contributed by atoms with Crippen LogP contribution in [0.1, 0.15) is 29.9 Å². The van der Waals surface area contributed by atoms with E-state index >= 15 is 0 Å². The summed E-state index contributed by atoms with van der Waals surface area (Å²) in [5, 5.41) is 6.02. The lowest BCUT2D eigenvalue weighted by molar-refractivity contribution is -0.114. The van der Waals surface area contributed by atoms with Gasteiger partial charge in [0, 0.05) is 44.9 Å². The van der Waals surface area contributed by atoms with Crippen LogP contribution in [0.3, 0.4) is 0 Å². The van der Waals surface area contributed by atoms with Gasteiger partial charge in [0.05, 0.1) is 30.8 Å². The van der Waals surface area contributed by atoms with Crippen LogP contribution in [0.5, 0.6) is 11.5 Å². The molecule has 0 aliphatic carbocycles. The number of nitrogens with one attached hydrogen (secondary N) is 2. The van der Waals surface area contributed by atoms with Gasteiger partial charge in [-0.2, -0.15) is 0 Å². The van der Waals surface area contributed by atoms with Crippen molar-refractivity contribution in [3.63, 3.8) is 0 Å². The first-order valence-corrected chi connectivity index (χ1v) is 11.9. The van der Waals surface area contributed by atoms with E-state index in [1.165, 1.54) is 13.1 Å². The molecule has 0 fully saturated rings. The molecular formula is C27H34N6O4. The van der Waals surface area contributed by atoms with E-state index in [2.05, 4.69) is 25.5 Å². The molecule has 3 aromatic rings. The van der Waals surface area contributed by atoms with Gasteiger partial charge in [0.25, 0.3) is 0 Å². The summed E-state index contributed by atoms with van der Waals surface area (Å²) in [6.07, 6.45) is 1.52. The molecule has 0 spiro atoms. The maximum absolute atomic E-state index is 13.0. The number of anilines is 4. The van der Waals surface area contributed by atoms with Crippen LogP contribution < -0.4 is 25.0 Å². The average molecular weight is 507 g/mol. The molecule has 10 heteroatoms. The smallest absolute Gasteiger partial charge is 0.227 e. The lowest BCUT2D eigenvalue weighted by atomic mass is 10.1. The normalized spacial score (nSPS) is 10.7. The van der Waals surface area contributed by atoms with E-state index in [4.69, 9.17) is 9.47 Å². The quantitative estimate of drug-likeness (QED) is 0.354. The first kappa shape index (κ1) is 27.4. The van der Waals surface area contributed by atoms with Crippen molar-refractivity contribution in [1.82, 2.24) is 14.9 Å². The average Bonchev–Trinajstić information content (AvgIpc) is 2.87. The third-order valence-corrected chi connectivity index (χ3v) is 5.48. The van der Waals surface area contributed by atoms with Gasteiger partial charge in [0.2, 0.25) is 17.6 Å². The van der Waals surface area contributed by atoms with Crippen LogP contribution in [0, 0.1) is 0 Å². The molecule has 1 aromatic heterocycles. The summed E-state index contributed by atoms with van der Waals surface area (Å²) in [6, 6.07) is 12.1. The fourth-order valence-electron chi connectivity index (χ4n) is 3.59. The van der Waals surface area contributed by atoms with Crippen molar-refractivity contribution in [2.75, 3.05) is 63.5 Å². The van der Waals surface area contributed by atoms with Crippen LogP contribution in [0.15, 0.2) is 48.7 Å². The second-order valence-corrected chi connectivity index (χ2v) is 8.65. The molecule has 0 aliphatic rings. The molecule has 0 bridgehead atoms. The van der Waals surface area contributed by atoms with Crippen molar-refractivity contribution in [3.05, 3.63) is 59.9 Å². The number of carbonyl (C=O) groups excluding carboxylic acids is 2. The first-order valence-electron chi connectivity index (χ1n) is 11.9. The van der Waals surface area contributed by atoms with Crippen LogP contribution in [-0.4, -0.2) is 74.5 Å². The second-order valence-electron chi connectivity index (χ2n) is 8.65. The minimum absolute atomic E-state index is 0.197. The summed E-state index contributed by atoms with van der Waals surface area (Å²) >= 11 is 0. The molecular weight excluding hydrogens is 472 g/mol. The Bertz CT molecular complexity index is 1230. The molecule has 37 heavy (non-hydrogen) atoms. The molecule has 10 nitrogen and oxygen atoms in total. The number of ether oxygens (including phenoxy) is 2. The zero-order chi connectivity index (χ0) is 26.9. The van der Waals surface area contributed by atoms with E-state index in [1.54, 1.807) is 43.5 Å². The standard InChI is InChI=1S/C27H34N6O4/c1-7-37-20-10-8-19(9-11-20)26(35)21-12-13-28-27(30-21)31-23-16-22(29-18(2)34)24(17-25(23)36-6)33(5)15-14-32(3)4/h8-13,16-17H,7,14-15H2,1-6H3,(H,29,34)(H,28,30,31). The van der Waals surface area contributed by atoms with E-state index in [9.17, 15) is 9.59 Å². The minimum atomic E-state index is -0.239. The predicted octanol–water partition coefficient (Wildman–Crippen LogP) is 3.81. The summed E-state index contributed by atoms with van der Waals surface area (Å²) in [5.74, 6) is 1.02. The van der Waals surface area contributed by atoms with Gasteiger partial charge >= 0.3 is 0 Å². The number of rotatable bonds is 12. The summed E-state index contributed by atoms with van der Waals surface area (Å²) in [6.45, 7) is 5.49. The Morgan fingerprint density at radius 1 is 1.00 bits per heavy atom. The predicted molar refractivity (Wildman–Crippen MR) is 145 cm³/mol. The summed E-state index contributed by atoms with van der Waals surface area (Å²) in [7, 11) is 7.53. The third-order valence-electron chi connectivity index (χ3n) is 5.48. The van der Waals surface area contributed by atoms with E-state index in [1.807, 2.05) is 39.0 Å². The molecule has 3 rings (SSSR count). The number of hydrogen-bond donors (Lipinski definition) is 2. The number of amides is 1. The number of hydrogen-bond acceptors (Lipinski definition) is 9. The number of ketones is 1. The number of benzene rings is 2.